The average Bonchev–Trinajstić information content (AvgIpc) is 3.39. The van der Waals surface area contributed by atoms with Crippen LogP contribution in [0.1, 0.15) is 41.8 Å². The molecule has 41 heavy (non-hydrogen) atoms. The van der Waals surface area contributed by atoms with Gasteiger partial charge < -0.3 is 14.4 Å². The molecule has 0 aromatic heterocycles. The zero-order valence-corrected chi connectivity index (χ0v) is 23.6. The Morgan fingerprint density at radius 1 is 0.829 bits per heavy atom. The largest absolute Gasteiger partial charge is 0.457 e. The van der Waals surface area contributed by atoms with Gasteiger partial charge in [0.15, 0.2) is 12.4 Å². The fraction of sp³-hybridized carbons (Fsp3) is 0.206. The number of carbonyl (C=O) groups is 3. The van der Waals surface area contributed by atoms with Gasteiger partial charge in [0.05, 0.1) is 5.92 Å². The van der Waals surface area contributed by atoms with Gasteiger partial charge in [-0.2, -0.15) is 0 Å². The van der Waals surface area contributed by atoms with Crippen LogP contribution in [0, 0.1) is 5.92 Å². The van der Waals surface area contributed by atoms with Crippen LogP contribution in [0.3, 0.4) is 0 Å². The summed E-state index contributed by atoms with van der Waals surface area (Å²) < 4.78 is 11.3. The van der Waals surface area contributed by atoms with Gasteiger partial charge in [-0.3, -0.25) is 14.4 Å². The van der Waals surface area contributed by atoms with E-state index in [1.54, 1.807) is 53.4 Å². The van der Waals surface area contributed by atoms with Crippen molar-refractivity contribution in [2.24, 2.45) is 5.92 Å². The topological polar surface area (TPSA) is 72.9 Å². The van der Waals surface area contributed by atoms with Gasteiger partial charge in [0.25, 0.3) is 0 Å². The SMILES string of the molecule is CC(C)(c1ccccc1)c1ccc(Oc2ccc(N3C[C@H](C(=O)OCC(=O)c4ccc(Cl)cc4)CC3=O)cc2)cc1. The molecule has 1 fully saturated rings. The minimum Gasteiger partial charge on any atom is -0.457 e. The van der Waals surface area contributed by atoms with Gasteiger partial charge in [0.1, 0.15) is 11.5 Å². The third-order valence-electron chi connectivity index (χ3n) is 7.43. The minimum atomic E-state index is -0.643. The molecular formula is C34H30ClNO5. The highest BCUT2D eigenvalue weighted by Crippen LogP contribution is 2.34. The summed E-state index contributed by atoms with van der Waals surface area (Å²) in [4.78, 5) is 39.1. The number of benzene rings is 4. The quantitative estimate of drug-likeness (QED) is 0.157. The first-order valence-corrected chi connectivity index (χ1v) is 13.8. The van der Waals surface area contributed by atoms with E-state index in [4.69, 9.17) is 21.1 Å². The highest BCUT2D eigenvalue weighted by atomic mass is 35.5. The van der Waals surface area contributed by atoms with Gasteiger partial charge >= 0.3 is 5.97 Å². The average molecular weight is 568 g/mol. The number of hydrogen-bond acceptors (Lipinski definition) is 5. The van der Waals surface area contributed by atoms with Crippen molar-refractivity contribution in [2.45, 2.75) is 25.7 Å². The summed E-state index contributed by atoms with van der Waals surface area (Å²) in [5, 5.41) is 0.514. The molecule has 7 heteroatoms. The van der Waals surface area contributed by atoms with Crippen LogP contribution in [-0.4, -0.2) is 30.8 Å². The summed E-state index contributed by atoms with van der Waals surface area (Å²) >= 11 is 5.85. The molecule has 208 valence electrons. The maximum absolute atomic E-state index is 12.7. The van der Waals surface area contributed by atoms with Crippen LogP contribution in [0.4, 0.5) is 5.69 Å². The Labute approximate surface area is 244 Å². The number of Topliss-reactive ketones (excluding diaryl/α,β-unsaturated/α-hetero) is 1. The summed E-state index contributed by atoms with van der Waals surface area (Å²) in [6.07, 6.45) is 0.0257. The van der Waals surface area contributed by atoms with Gasteiger partial charge in [0.2, 0.25) is 5.91 Å². The molecule has 5 rings (SSSR count). The Bertz CT molecular complexity index is 1530. The lowest BCUT2D eigenvalue weighted by atomic mass is 9.78. The lowest BCUT2D eigenvalue weighted by Gasteiger charge is -2.26. The molecule has 0 bridgehead atoms. The number of esters is 1. The number of amides is 1. The van der Waals surface area contributed by atoms with Crippen molar-refractivity contribution in [2.75, 3.05) is 18.1 Å². The Morgan fingerprint density at radius 3 is 2.05 bits per heavy atom. The zero-order chi connectivity index (χ0) is 29.0. The van der Waals surface area contributed by atoms with Gasteiger partial charge in [-0.15, -0.1) is 0 Å². The molecule has 4 aromatic rings. The van der Waals surface area contributed by atoms with Crippen LogP contribution in [0.15, 0.2) is 103 Å². The highest BCUT2D eigenvalue weighted by molar-refractivity contribution is 6.30. The number of rotatable bonds is 9. The van der Waals surface area contributed by atoms with E-state index in [9.17, 15) is 14.4 Å². The summed E-state index contributed by atoms with van der Waals surface area (Å²) in [6.45, 7) is 4.19. The second-order valence-electron chi connectivity index (χ2n) is 10.6. The first-order chi connectivity index (χ1) is 19.7. The van der Waals surface area contributed by atoms with Crippen molar-refractivity contribution in [1.29, 1.82) is 0 Å². The molecular weight excluding hydrogens is 538 g/mol. The predicted octanol–water partition coefficient (Wildman–Crippen LogP) is 7.24. The Hall–Kier alpha value is -4.42. The molecule has 0 aliphatic carbocycles. The first kappa shape index (κ1) is 28.1. The fourth-order valence-electron chi connectivity index (χ4n) is 4.88. The van der Waals surface area contributed by atoms with Crippen molar-refractivity contribution in [3.63, 3.8) is 0 Å². The number of nitrogens with zero attached hydrogens (tertiary/aromatic N) is 1. The number of halogens is 1. The van der Waals surface area contributed by atoms with Gasteiger partial charge in [-0.25, -0.2) is 0 Å². The van der Waals surface area contributed by atoms with Gasteiger partial charge in [-0.1, -0.05) is 67.9 Å². The van der Waals surface area contributed by atoms with Crippen LogP contribution in [0.25, 0.3) is 0 Å². The summed E-state index contributed by atoms with van der Waals surface area (Å²) in [7, 11) is 0. The lowest BCUT2D eigenvalue weighted by molar-refractivity contribution is -0.147. The fourth-order valence-corrected chi connectivity index (χ4v) is 5.01. The smallest absolute Gasteiger partial charge is 0.311 e. The van der Waals surface area contributed by atoms with Crippen LogP contribution in [0.5, 0.6) is 11.5 Å². The van der Waals surface area contributed by atoms with Crippen LogP contribution in [0.2, 0.25) is 5.02 Å². The standard InChI is InChI=1S/C34H30ClNO5/c1-34(2,25-6-4-3-5-7-25)26-10-16-29(17-11-26)41-30-18-14-28(15-19-30)36-21-24(20-32(36)38)33(39)40-22-31(37)23-8-12-27(35)13-9-23/h3-19,24H,20-22H2,1-2H3/t24-/m1/s1. The molecule has 0 unspecified atom stereocenters. The van der Waals surface area contributed by atoms with Crippen LogP contribution >= 0.6 is 11.6 Å². The maximum Gasteiger partial charge on any atom is 0.311 e. The molecule has 1 aliphatic rings. The summed E-state index contributed by atoms with van der Waals surface area (Å²) in [5.41, 5.74) is 3.35. The van der Waals surface area contributed by atoms with Crippen molar-refractivity contribution >= 4 is 34.9 Å². The van der Waals surface area contributed by atoms with E-state index in [2.05, 4.69) is 38.1 Å². The molecule has 0 spiro atoms. The van der Waals surface area contributed by atoms with E-state index < -0.39 is 11.9 Å². The molecule has 1 amide bonds. The van der Waals surface area contributed by atoms with E-state index in [1.807, 2.05) is 30.3 Å². The Balaban J connectivity index is 1.16. The number of ether oxygens (including phenoxy) is 2. The van der Waals surface area contributed by atoms with Crippen molar-refractivity contribution in [3.05, 3.63) is 125 Å². The molecule has 1 saturated heterocycles. The third kappa shape index (κ3) is 6.50. The molecule has 0 radical (unpaired) electrons. The second-order valence-corrected chi connectivity index (χ2v) is 11.0. The molecule has 0 saturated carbocycles. The number of carbonyl (C=O) groups excluding carboxylic acids is 3. The van der Waals surface area contributed by atoms with Crippen molar-refractivity contribution in [3.8, 4) is 11.5 Å². The van der Waals surface area contributed by atoms with E-state index in [-0.39, 0.29) is 36.7 Å². The van der Waals surface area contributed by atoms with Crippen molar-refractivity contribution in [1.82, 2.24) is 0 Å². The van der Waals surface area contributed by atoms with E-state index in [0.717, 1.165) is 0 Å². The zero-order valence-electron chi connectivity index (χ0n) is 22.9. The summed E-state index contributed by atoms with van der Waals surface area (Å²) in [6, 6.07) is 31.9. The monoisotopic (exact) mass is 567 g/mol. The van der Waals surface area contributed by atoms with Crippen LogP contribution < -0.4 is 9.64 Å². The van der Waals surface area contributed by atoms with E-state index >= 15 is 0 Å². The molecule has 1 heterocycles. The van der Waals surface area contributed by atoms with Crippen LogP contribution in [-0.2, 0) is 19.7 Å². The Morgan fingerprint density at radius 2 is 1.41 bits per heavy atom. The summed E-state index contributed by atoms with van der Waals surface area (Å²) in [5.74, 6) is -0.384. The first-order valence-electron chi connectivity index (χ1n) is 13.4. The lowest BCUT2D eigenvalue weighted by Crippen LogP contribution is -2.27. The normalized spacial score (nSPS) is 15.0. The third-order valence-corrected chi connectivity index (χ3v) is 7.68. The molecule has 6 nitrogen and oxygen atoms in total. The molecule has 1 atom stereocenters. The predicted molar refractivity (Wildman–Crippen MR) is 159 cm³/mol. The maximum atomic E-state index is 12.7. The number of anilines is 1. The van der Waals surface area contributed by atoms with Gasteiger partial charge in [0, 0.05) is 34.7 Å². The van der Waals surface area contributed by atoms with E-state index in [1.165, 1.54) is 11.1 Å². The minimum absolute atomic E-state index is 0.0257. The van der Waals surface area contributed by atoms with Gasteiger partial charge in [-0.05, 0) is 71.8 Å². The molecule has 4 aromatic carbocycles. The molecule has 0 N–H and O–H groups in total. The number of hydrogen-bond donors (Lipinski definition) is 0. The second kappa shape index (κ2) is 12.0. The highest BCUT2D eigenvalue weighted by Gasteiger charge is 2.36. The van der Waals surface area contributed by atoms with E-state index in [0.29, 0.717) is 27.8 Å². The molecule has 1 aliphatic heterocycles. The number of ketones is 1. The van der Waals surface area contributed by atoms with Crippen molar-refractivity contribution < 1.29 is 23.9 Å². The Kier molecular flexibility index (Phi) is 8.22.